The van der Waals surface area contributed by atoms with Crippen LogP contribution in [0.25, 0.3) is 0 Å². The fourth-order valence-electron chi connectivity index (χ4n) is 4.81. The zero-order valence-electron chi connectivity index (χ0n) is 12.2. The smallest absolute Gasteiger partial charge is 0.314 e. The highest BCUT2D eigenvalue weighted by Gasteiger charge is 2.74. The third-order valence-corrected chi connectivity index (χ3v) is 7.19. The second kappa shape index (κ2) is 4.29. The van der Waals surface area contributed by atoms with Crippen LogP contribution in [0.15, 0.2) is 0 Å². The molecule has 5 atom stereocenters. The SMILES string of the molecule is COC(=O)[C@@]12CC[C@@H](C(C)=O)[C@@]13CC[C@](C)(O3)[C@@H](Br)C2. The molecule has 4 nitrogen and oxygen atoms in total. The van der Waals surface area contributed by atoms with Crippen molar-refractivity contribution in [2.24, 2.45) is 11.3 Å². The quantitative estimate of drug-likeness (QED) is 0.570. The molecular formula is C15H21BrO4. The van der Waals surface area contributed by atoms with E-state index in [1.807, 2.05) is 0 Å². The van der Waals surface area contributed by atoms with E-state index in [4.69, 9.17) is 9.47 Å². The number of ketones is 1. The molecule has 1 spiro atoms. The van der Waals surface area contributed by atoms with Gasteiger partial charge in [-0.1, -0.05) is 15.9 Å². The maximum absolute atomic E-state index is 12.5. The van der Waals surface area contributed by atoms with Crippen molar-refractivity contribution in [3.8, 4) is 0 Å². The van der Waals surface area contributed by atoms with E-state index in [1.54, 1.807) is 6.92 Å². The fraction of sp³-hybridized carbons (Fsp3) is 0.867. The Morgan fingerprint density at radius 3 is 2.60 bits per heavy atom. The summed E-state index contributed by atoms with van der Waals surface area (Å²) in [5, 5.41) is 0. The van der Waals surface area contributed by atoms with E-state index in [1.165, 1.54) is 7.11 Å². The Bertz CT molecular complexity index is 478. The predicted molar refractivity (Wildman–Crippen MR) is 76.6 cm³/mol. The molecule has 3 fully saturated rings. The minimum atomic E-state index is -0.664. The molecule has 2 bridgehead atoms. The van der Waals surface area contributed by atoms with Gasteiger partial charge < -0.3 is 9.47 Å². The molecule has 2 heterocycles. The number of alkyl halides is 1. The first-order valence-corrected chi connectivity index (χ1v) is 8.16. The van der Waals surface area contributed by atoms with Crippen molar-refractivity contribution in [1.29, 1.82) is 0 Å². The van der Waals surface area contributed by atoms with Crippen LogP contribution in [0.1, 0.15) is 46.0 Å². The van der Waals surface area contributed by atoms with Gasteiger partial charge in [0.05, 0.1) is 23.7 Å². The van der Waals surface area contributed by atoms with E-state index in [0.717, 1.165) is 19.3 Å². The Morgan fingerprint density at radius 2 is 2.00 bits per heavy atom. The number of hydrogen-bond donors (Lipinski definition) is 0. The summed E-state index contributed by atoms with van der Waals surface area (Å²) < 4.78 is 11.5. The van der Waals surface area contributed by atoms with Crippen molar-refractivity contribution in [1.82, 2.24) is 0 Å². The molecule has 0 radical (unpaired) electrons. The Hall–Kier alpha value is -0.420. The van der Waals surface area contributed by atoms with Crippen LogP contribution in [0.4, 0.5) is 0 Å². The number of carbonyl (C=O) groups is 2. The molecular weight excluding hydrogens is 324 g/mol. The third kappa shape index (κ3) is 1.51. The molecule has 1 saturated carbocycles. The molecule has 20 heavy (non-hydrogen) atoms. The lowest BCUT2D eigenvalue weighted by atomic mass is 9.66. The molecule has 0 aromatic rings. The van der Waals surface area contributed by atoms with Gasteiger partial charge in [-0.25, -0.2) is 0 Å². The summed E-state index contributed by atoms with van der Waals surface area (Å²) in [5.74, 6) is -0.258. The van der Waals surface area contributed by atoms with Crippen LogP contribution < -0.4 is 0 Å². The first-order valence-electron chi connectivity index (χ1n) is 7.24. The Balaban J connectivity index is 2.13. The van der Waals surface area contributed by atoms with Gasteiger partial charge in [0.2, 0.25) is 0 Å². The van der Waals surface area contributed by atoms with Crippen LogP contribution in [0.3, 0.4) is 0 Å². The minimum Gasteiger partial charge on any atom is -0.469 e. The number of rotatable bonds is 2. The van der Waals surface area contributed by atoms with Gasteiger partial charge in [-0.15, -0.1) is 0 Å². The highest BCUT2D eigenvalue weighted by atomic mass is 79.9. The van der Waals surface area contributed by atoms with Crippen LogP contribution in [0.5, 0.6) is 0 Å². The lowest BCUT2D eigenvalue weighted by Gasteiger charge is -2.51. The Labute approximate surface area is 127 Å². The number of esters is 1. The lowest BCUT2D eigenvalue weighted by Crippen LogP contribution is -2.61. The van der Waals surface area contributed by atoms with Gasteiger partial charge in [0.1, 0.15) is 5.78 Å². The second-order valence-corrected chi connectivity index (χ2v) is 7.86. The monoisotopic (exact) mass is 344 g/mol. The Kier molecular flexibility index (Phi) is 3.11. The summed E-state index contributed by atoms with van der Waals surface area (Å²) >= 11 is 3.70. The van der Waals surface area contributed by atoms with E-state index in [2.05, 4.69) is 22.9 Å². The van der Waals surface area contributed by atoms with Crippen LogP contribution in [-0.2, 0) is 19.1 Å². The highest BCUT2D eigenvalue weighted by Crippen LogP contribution is 2.67. The number of ether oxygens (including phenoxy) is 2. The second-order valence-electron chi connectivity index (χ2n) is 6.75. The van der Waals surface area contributed by atoms with Gasteiger partial charge in [-0.3, -0.25) is 9.59 Å². The number of fused-ring (bicyclic) bond motifs is 1. The van der Waals surface area contributed by atoms with Crippen molar-refractivity contribution in [3.63, 3.8) is 0 Å². The maximum Gasteiger partial charge on any atom is 0.314 e. The average molecular weight is 345 g/mol. The number of carbonyl (C=O) groups excluding carboxylic acids is 2. The minimum absolute atomic E-state index is 0.121. The largest absolute Gasteiger partial charge is 0.469 e. The van der Waals surface area contributed by atoms with Gasteiger partial charge in [0.25, 0.3) is 0 Å². The summed E-state index contributed by atoms with van der Waals surface area (Å²) in [5.41, 5.74) is -1.59. The number of Topliss-reactive ketones (excluding diaryl/α,β-unsaturated/α-hetero) is 1. The topological polar surface area (TPSA) is 52.6 Å². The van der Waals surface area contributed by atoms with Gasteiger partial charge in [0, 0.05) is 10.7 Å². The van der Waals surface area contributed by atoms with Crippen LogP contribution in [0, 0.1) is 11.3 Å². The molecule has 3 rings (SSSR count). The molecule has 2 aliphatic heterocycles. The summed E-state index contributed by atoms with van der Waals surface area (Å²) in [6.45, 7) is 3.70. The average Bonchev–Trinajstić information content (AvgIpc) is 2.89. The number of hydrogen-bond acceptors (Lipinski definition) is 4. The first kappa shape index (κ1) is 14.5. The molecule has 0 aromatic carbocycles. The Morgan fingerprint density at radius 1 is 1.30 bits per heavy atom. The number of methoxy groups -OCH3 is 1. The molecule has 3 aliphatic rings. The lowest BCUT2D eigenvalue weighted by molar-refractivity contribution is -0.214. The molecule has 1 aliphatic carbocycles. The summed E-state index contributed by atoms with van der Waals surface area (Å²) in [7, 11) is 1.43. The zero-order valence-corrected chi connectivity index (χ0v) is 13.8. The number of halogens is 1. The van der Waals surface area contributed by atoms with Gasteiger partial charge >= 0.3 is 5.97 Å². The first-order chi connectivity index (χ1) is 9.31. The van der Waals surface area contributed by atoms with E-state index in [-0.39, 0.29) is 28.1 Å². The van der Waals surface area contributed by atoms with Crippen molar-refractivity contribution < 1.29 is 19.1 Å². The molecule has 0 aromatic heterocycles. The third-order valence-electron chi connectivity index (χ3n) is 5.90. The van der Waals surface area contributed by atoms with Crippen LogP contribution in [-0.4, -0.2) is 34.9 Å². The molecule has 0 N–H and O–H groups in total. The molecule has 5 heteroatoms. The van der Waals surface area contributed by atoms with Gasteiger partial charge in [0.15, 0.2) is 0 Å². The molecule has 112 valence electrons. The summed E-state index contributed by atoms with van der Waals surface area (Å²) in [6.07, 6.45) is 3.75. The van der Waals surface area contributed by atoms with Crippen molar-refractivity contribution >= 4 is 27.7 Å². The van der Waals surface area contributed by atoms with E-state index < -0.39 is 11.0 Å². The standard InChI is InChI=1S/C15H21BrO4/c1-9(17)10-4-5-14(12(18)19-3)8-11(16)13(2)6-7-15(10,14)20-13/h10-11H,4-8H2,1-3H3/t10-,11-,13-,14-,15-/m0/s1. The van der Waals surface area contributed by atoms with E-state index in [9.17, 15) is 9.59 Å². The van der Waals surface area contributed by atoms with Crippen molar-refractivity contribution in [3.05, 3.63) is 0 Å². The normalized spacial score (nSPS) is 49.8. The van der Waals surface area contributed by atoms with E-state index >= 15 is 0 Å². The molecule has 0 unspecified atom stereocenters. The highest BCUT2D eigenvalue weighted by molar-refractivity contribution is 9.09. The van der Waals surface area contributed by atoms with Crippen molar-refractivity contribution in [2.75, 3.05) is 7.11 Å². The molecule has 0 amide bonds. The van der Waals surface area contributed by atoms with Crippen molar-refractivity contribution in [2.45, 2.75) is 62.0 Å². The van der Waals surface area contributed by atoms with Crippen LogP contribution in [0.2, 0.25) is 0 Å². The summed E-state index contributed by atoms with van der Waals surface area (Å²) in [4.78, 5) is 24.7. The summed E-state index contributed by atoms with van der Waals surface area (Å²) in [6, 6.07) is 0. The van der Waals surface area contributed by atoms with Gasteiger partial charge in [-0.05, 0) is 46.0 Å². The fourth-order valence-corrected chi connectivity index (χ4v) is 5.68. The predicted octanol–water partition coefficient (Wildman–Crippen LogP) is 2.62. The van der Waals surface area contributed by atoms with E-state index in [0.29, 0.717) is 12.8 Å². The zero-order chi connectivity index (χ0) is 14.8. The van der Waals surface area contributed by atoms with Gasteiger partial charge in [-0.2, -0.15) is 0 Å². The maximum atomic E-state index is 12.5. The molecule has 2 saturated heterocycles. The van der Waals surface area contributed by atoms with Crippen LogP contribution >= 0.6 is 15.9 Å².